The average molecular weight is 248 g/mol. The number of phenols is 2. The summed E-state index contributed by atoms with van der Waals surface area (Å²) in [6.45, 7) is 4.74. The van der Waals surface area contributed by atoms with Crippen LogP contribution >= 0.6 is 0 Å². The molecular weight excluding hydrogens is 232 g/mol. The molecule has 0 aliphatic carbocycles. The van der Waals surface area contributed by atoms with Gasteiger partial charge in [0.05, 0.1) is 12.2 Å². The van der Waals surface area contributed by atoms with Crippen LogP contribution in [-0.4, -0.2) is 15.2 Å². The van der Waals surface area contributed by atoms with Gasteiger partial charge in [0.1, 0.15) is 17.3 Å². The number of aromatic nitrogens is 1. The molecule has 5 heteroatoms. The number of oxazole rings is 1. The van der Waals surface area contributed by atoms with Gasteiger partial charge < -0.3 is 19.9 Å². The SMILES string of the molecule is Cc1nc(CNCc2ccc(O)cc2O)oc1C. The van der Waals surface area contributed by atoms with Gasteiger partial charge in [-0.1, -0.05) is 6.07 Å². The highest BCUT2D eigenvalue weighted by atomic mass is 16.4. The van der Waals surface area contributed by atoms with Crippen molar-refractivity contribution in [2.24, 2.45) is 0 Å². The number of hydrogen-bond donors (Lipinski definition) is 3. The van der Waals surface area contributed by atoms with Crippen LogP contribution in [0.2, 0.25) is 0 Å². The van der Waals surface area contributed by atoms with Gasteiger partial charge in [-0.05, 0) is 19.9 Å². The summed E-state index contributed by atoms with van der Waals surface area (Å²) in [6.07, 6.45) is 0. The zero-order valence-corrected chi connectivity index (χ0v) is 10.4. The number of aryl methyl sites for hydroxylation is 2. The zero-order valence-electron chi connectivity index (χ0n) is 10.4. The topological polar surface area (TPSA) is 78.5 Å². The smallest absolute Gasteiger partial charge is 0.208 e. The largest absolute Gasteiger partial charge is 0.508 e. The first-order chi connectivity index (χ1) is 8.56. The van der Waals surface area contributed by atoms with Crippen molar-refractivity contribution in [1.29, 1.82) is 0 Å². The van der Waals surface area contributed by atoms with Crippen molar-refractivity contribution < 1.29 is 14.6 Å². The van der Waals surface area contributed by atoms with E-state index in [4.69, 9.17) is 9.52 Å². The van der Waals surface area contributed by atoms with Gasteiger partial charge in [-0.2, -0.15) is 0 Å². The molecule has 0 aliphatic heterocycles. The van der Waals surface area contributed by atoms with E-state index in [1.807, 2.05) is 13.8 Å². The van der Waals surface area contributed by atoms with Crippen LogP contribution in [-0.2, 0) is 13.1 Å². The summed E-state index contributed by atoms with van der Waals surface area (Å²) >= 11 is 0. The molecule has 1 heterocycles. The van der Waals surface area contributed by atoms with Crippen LogP contribution in [0.25, 0.3) is 0 Å². The Hall–Kier alpha value is -2.01. The number of aromatic hydroxyl groups is 2. The number of benzene rings is 1. The maximum absolute atomic E-state index is 9.60. The maximum Gasteiger partial charge on any atom is 0.208 e. The van der Waals surface area contributed by atoms with E-state index in [1.165, 1.54) is 12.1 Å². The van der Waals surface area contributed by atoms with Crippen molar-refractivity contribution in [2.75, 3.05) is 0 Å². The Morgan fingerprint density at radius 3 is 2.61 bits per heavy atom. The van der Waals surface area contributed by atoms with Gasteiger partial charge in [0.25, 0.3) is 0 Å². The van der Waals surface area contributed by atoms with Crippen LogP contribution in [0, 0.1) is 13.8 Å². The van der Waals surface area contributed by atoms with Crippen molar-refractivity contribution in [3.05, 3.63) is 41.1 Å². The van der Waals surface area contributed by atoms with E-state index >= 15 is 0 Å². The third-order valence-corrected chi connectivity index (χ3v) is 2.73. The van der Waals surface area contributed by atoms with Gasteiger partial charge in [-0.15, -0.1) is 0 Å². The highest BCUT2D eigenvalue weighted by molar-refractivity contribution is 5.38. The molecule has 0 saturated carbocycles. The Balaban J connectivity index is 1.92. The predicted octanol–water partition coefficient (Wildman–Crippen LogP) is 1.99. The molecule has 0 unspecified atom stereocenters. The summed E-state index contributed by atoms with van der Waals surface area (Å²) in [7, 11) is 0. The second-order valence-corrected chi connectivity index (χ2v) is 4.17. The second-order valence-electron chi connectivity index (χ2n) is 4.17. The first kappa shape index (κ1) is 12.4. The molecule has 1 aromatic carbocycles. The number of phenolic OH excluding ortho intramolecular Hbond substituents is 2. The summed E-state index contributed by atoms with van der Waals surface area (Å²) in [5.74, 6) is 1.57. The van der Waals surface area contributed by atoms with Gasteiger partial charge >= 0.3 is 0 Å². The summed E-state index contributed by atoms with van der Waals surface area (Å²) in [6, 6.07) is 4.52. The minimum atomic E-state index is 0.0511. The van der Waals surface area contributed by atoms with E-state index in [0.29, 0.717) is 24.5 Å². The molecule has 0 amide bonds. The molecule has 18 heavy (non-hydrogen) atoms. The molecule has 5 nitrogen and oxygen atoms in total. The van der Waals surface area contributed by atoms with E-state index in [0.717, 1.165) is 11.5 Å². The molecule has 1 aromatic heterocycles. The normalized spacial score (nSPS) is 10.8. The first-order valence-electron chi connectivity index (χ1n) is 5.70. The van der Waals surface area contributed by atoms with Gasteiger partial charge in [-0.3, -0.25) is 0 Å². The number of nitrogens with one attached hydrogen (secondary N) is 1. The highest BCUT2D eigenvalue weighted by Gasteiger charge is 2.06. The van der Waals surface area contributed by atoms with Crippen LogP contribution < -0.4 is 5.32 Å². The maximum atomic E-state index is 9.60. The van der Waals surface area contributed by atoms with Crippen LogP contribution in [0.5, 0.6) is 11.5 Å². The third-order valence-electron chi connectivity index (χ3n) is 2.73. The van der Waals surface area contributed by atoms with E-state index in [1.54, 1.807) is 6.07 Å². The van der Waals surface area contributed by atoms with Crippen molar-refractivity contribution in [3.8, 4) is 11.5 Å². The van der Waals surface area contributed by atoms with E-state index in [2.05, 4.69) is 10.3 Å². The summed E-state index contributed by atoms with van der Waals surface area (Å²) in [4.78, 5) is 4.25. The molecule has 2 rings (SSSR count). The molecule has 3 N–H and O–H groups in total. The lowest BCUT2D eigenvalue weighted by Gasteiger charge is -2.05. The van der Waals surface area contributed by atoms with Crippen molar-refractivity contribution in [3.63, 3.8) is 0 Å². The molecule has 0 aliphatic rings. The molecule has 0 atom stereocenters. The molecule has 0 bridgehead atoms. The molecule has 0 radical (unpaired) electrons. The third kappa shape index (κ3) is 2.81. The van der Waals surface area contributed by atoms with Crippen LogP contribution in [0.1, 0.15) is 22.9 Å². The molecule has 0 saturated heterocycles. The van der Waals surface area contributed by atoms with Crippen molar-refractivity contribution in [2.45, 2.75) is 26.9 Å². The molecule has 0 fully saturated rings. The Morgan fingerprint density at radius 1 is 1.22 bits per heavy atom. The summed E-state index contributed by atoms with van der Waals surface area (Å²) in [5.41, 5.74) is 1.60. The molecular formula is C13H16N2O3. The number of nitrogens with zero attached hydrogens (tertiary/aromatic N) is 1. The van der Waals surface area contributed by atoms with Gasteiger partial charge in [0.15, 0.2) is 0 Å². The lowest BCUT2D eigenvalue weighted by atomic mass is 10.2. The fourth-order valence-electron chi connectivity index (χ4n) is 1.62. The fraction of sp³-hybridized carbons (Fsp3) is 0.308. The quantitative estimate of drug-likeness (QED) is 0.771. The van der Waals surface area contributed by atoms with Crippen molar-refractivity contribution in [1.82, 2.24) is 10.3 Å². The number of rotatable bonds is 4. The van der Waals surface area contributed by atoms with Gasteiger partial charge in [0.2, 0.25) is 5.89 Å². The molecule has 2 aromatic rings. The Labute approximate surface area is 105 Å². The first-order valence-corrected chi connectivity index (χ1v) is 5.70. The Morgan fingerprint density at radius 2 is 2.00 bits per heavy atom. The van der Waals surface area contributed by atoms with E-state index in [9.17, 15) is 5.11 Å². The van der Waals surface area contributed by atoms with Crippen LogP contribution in [0.15, 0.2) is 22.6 Å². The number of hydrogen-bond acceptors (Lipinski definition) is 5. The summed E-state index contributed by atoms with van der Waals surface area (Å²) < 4.78 is 5.43. The van der Waals surface area contributed by atoms with E-state index in [-0.39, 0.29) is 11.5 Å². The minimum absolute atomic E-state index is 0.0511. The van der Waals surface area contributed by atoms with Crippen LogP contribution in [0.3, 0.4) is 0 Å². The van der Waals surface area contributed by atoms with Gasteiger partial charge in [-0.25, -0.2) is 4.98 Å². The lowest BCUT2D eigenvalue weighted by Crippen LogP contribution is -2.13. The molecule has 0 spiro atoms. The minimum Gasteiger partial charge on any atom is -0.508 e. The predicted molar refractivity (Wildman–Crippen MR) is 66.3 cm³/mol. The summed E-state index contributed by atoms with van der Waals surface area (Å²) in [5, 5.41) is 21.9. The molecule has 96 valence electrons. The second kappa shape index (κ2) is 5.10. The lowest BCUT2D eigenvalue weighted by molar-refractivity contribution is 0.433. The van der Waals surface area contributed by atoms with Gasteiger partial charge in [0, 0.05) is 18.2 Å². The average Bonchev–Trinajstić information content (AvgIpc) is 2.61. The zero-order chi connectivity index (χ0) is 13.1. The van der Waals surface area contributed by atoms with Crippen LogP contribution in [0.4, 0.5) is 0 Å². The Kier molecular flexibility index (Phi) is 3.53. The standard InChI is InChI=1S/C13H16N2O3/c1-8-9(2)18-13(15-8)7-14-6-10-3-4-11(16)5-12(10)17/h3-5,14,16-17H,6-7H2,1-2H3. The highest BCUT2D eigenvalue weighted by Crippen LogP contribution is 2.22. The monoisotopic (exact) mass is 248 g/mol. The van der Waals surface area contributed by atoms with E-state index < -0.39 is 0 Å². The Bertz CT molecular complexity index is 530. The van der Waals surface area contributed by atoms with Crippen molar-refractivity contribution >= 4 is 0 Å². The fourth-order valence-corrected chi connectivity index (χ4v) is 1.62.